The topological polar surface area (TPSA) is 263 Å². The van der Waals surface area contributed by atoms with Crippen molar-refractivity contribution in [3.05, 3.63) is 0 Å². The van der Waals surface area contributed by atoms with Gasteiger partial charge in [0.25, 0.3) is 5.97 Å². The van der Waals surface area contributed by atoms with E-state index >= 15 is 0 Å². The molecule has 0 rings (SSSR count). The molecule has 0 aromatic rings. The molecule has 0 radical (unpaired) electrons. The van der Waals surface area contributed by atoms with Crippen LogP contribution in [0.4, 0.5) is 0 Å². The smallest absolute Gasteiger partial charge is 0.322 e. The van der Waals surface area contributed by atoms with Crippen molar-refractivity contribution in [3.8, 4) is 0 Å². The third-order valence-corrected chi connectivity index (χ3v) is 3.12. The second kappa shape index (κ2) is 15.1. The van der Waals surface area contributed by atoms with Gasteiger partial charge in [-0.1, -0.05) is 0 Å². The molecule has 176 valence electrons. The fourth-order valence-electron chi connectivity index (χ4n) is 1.78. The number of aliphatic carboxylic acids is 4. The van der Waals surface area contributed by atoms with E-state index in [1.54, 1.807) is 0 Å². The fourth-order valence-corrected chi connectivity index (χ4v) is 1.78. The number of carboxylic acid groups (broad SMARTS) is 4. The summed E-state index contributed by atoms with van der Waals surface area (Å²) in [5.41, 5.74) is 5.37. The van der Waals surface area contributed by atoms with Gasteiger partial charge in [-0.25, -0.2) is 0 Å². The Kier molecular flexibility index (Phi) is 14.4. The van der Waals surface area contributed by atoms with Gasteiger partial charge in [0.05, 0.1) is 12.5 Å². The van der Waals surface area contributed by atoms with Gasteiger partial charge in [-0.2, -0.15) is 0 Å². The quantitative estimate of drug-likeness (QED) is 0.147. The van der Waals surface area contributed by atoms with Crippen molar-refractivity contribution in [2.75, 3.05) is 6.54 Å². The van der Waals surface area contributed by atoms with Crippen molar-refractivity contribution in [1.82, 2.24) is 16.0 Å². The van der Waals surface area contributed by atoms with E-state index in [0.29, 0.717) is 0 Å². The Labute approximate surface area is 176 Å². The van der Waals surface area contributed by atoms with Crippen LogP contribution in [0.5, 0.6) is 0 Å². The van der Waals surface area contributed by atoms with Crippen LogP contribution in [0.3, 0.4) is 0 Å². The Morgan fingerprint density at radius 3 is 1.65 bits per heavy atom. The minimum absolute atomic E-state index is 0.337. The molecule has 0 bridgehead atoms. The summed E-state index contributed by atoms with van der Waals surface area (Å²) in [6.45, 7) is 1.61. The van der Waals surface area contributed by atoms with E-state index in [9.17, 15) is 28.8 Å². The first kappa shape index (κ1) is 29.5. The monoisotopic (exact) mass is 450 g/mol. The number of carboxylic acids is 4. The van der Waals surface area contributed by atoms with Crippen molar-refractivity contribution >= 4 is 41.6 Å². The Morgan fingerprint density at radius 2 is 1.26 bits per heavy atom. The largest absolute Gasteiger partial charge is 0.481 e. The van der Waals surface area contributed by atoms with Gasteiger partial charge in [-0.3, -0.25) is 33.6 Å². The van der Waals surface area contributed by atoms with Crippen LogP contribution in [0.2, 0.25) is 0 Å². The van der Waals surface area contributed by atoms with Crippen LogP contribution in [-0.4, -0.2) is 86.7 Å². The molecule has 0 aliphatic heterocycles. The van der Waals surface area contributed by atoms with Crippen LogP contribution in [0.25, 0.3) is 0 Å². The number of hydrogen-bond acceptors (Lipinski definition) is 8. The van der Waals surface area contributed by atoms with Crippen molar-refractivity contribution in [2.45, 2.75) is 51.2 Å². The predicted molar refractivity (Wildman–Crippen MR) is 101 cm³/mol. The lowest BCUT2D eigenvalue weighted by molar-refractivity contribution is -0.141. The SMILES string of the molecule is CC(=O)O.CC(N)C(=O)NC(CCC(=O)O)C(=O)NC(CC(=O)O)C(=O)NCC(=O)O. The summed E-state index contributed by atoms with van der Waals surface area (Å²) in [4.78, 5) is 76.9. The molecule has 0 aromatic heterocycles. The molecule has 3 amide bonds. The number of hydrogen-bond donors (Lipinski definition) is 8. The average molecular weight is 450 g/mol. The first-order valence-corrected chi connectivity index (χ1v) is 8.66. The second-order valence-electron chi connectivity index (χ2n) is 6.07. The van der Waals surface area contributed by atoms with Gasteiger partial charge in [-0.05, 0) is 13.3 Å². The summed E-state index contributed by atoms with van der Waals surface area (Å²) >= 11 is 0. The molecule has 3 atom stereocenters. The van der Waals surface area contributed by atoms with Gasteiger partial charge in [0.15, 0.2) is 0 Å². The molecule has 31 heavy (non-hydrogen) atoms. The van der Waals surface area contributed by atoms with Crippen molar-refractivity contribution in [3.63, 3.8) is 0 Å². The zero-order valence-electron chi connectivity index (χ0n) is 16.8. The summed E-state index contributed by atoms with van der Waals surface area (Å²) in [6.07, 6.45) is -1.69. The van der Waals surface area contributed by atoms with E-state index in [4.69, 9.17) is 31.0 Å². The predicted octanol–water partition coefficient (Wildman–Crippen LogP) is -3.07. The minimum Gasteiger partial charge on any atom is -0.481 e. The van der Waals surface area contributed by atoms with E-state index in [-0.39, 0.29) is 6.42 Å². The summed E-state index contributed by atoms with van der Waals surface area (Å²) < 4.78 is 0. The third kappa shape index (κ3) is 16.9. The zero-order chi connectivity index (χ0) is 24.7. The molecule has 0 aliphatic rings. The average Bonchev–Trinajstić information content (AvgIpc) is 2.60. The second-order valence-corrected chi connectivity index (χ2v) is 6.07. The Bertz CT molecular complexity index is 689. The minimum atomic E-state index is -1.63. The van der Waals surface area contributed by atoms with E-state index < -0.39 is 79.1 Å². The van der Waals surface area contributed by atoms with Crippen LogP contribution < -0.4 is 21.7 Å². The van der Waals surface area contributed by atoms with Gasteiger partial charge < -0.3 is 42.1 Å². The van der Waals surface area contributed by atoms with Crippen LogP contribution in [0, 0.1) is 0 Å². The summed E-state index contributed by atoms with van der Waals surface area (Å²) in [5.74, 6) is -7.75. The van der Waals surface area contributed by atoms with Crippen LogP contribution in [0.1, 0.15) is 33.1 Å². The van der Waals surface area contributed by atoms with Gasteiger partial charge in [-0.15, -0.1) is 0 Å². The number of carbonyl (C=O) groups excluding carboxylic acids is 3. The van der Waals surface area contributed by atoms with Crippen molar-refractivity contribution < 1.29 is 54.0 Å². The summed E-state index contributed by atoms with van der Waals surface area (Å²) in [7, 11) is 0. The maximum atomic E-state index is 12.3. The Hall–Kier alpha value is -3.75. The van der Waals surface area contributed by atoms with E-state index in [1.165, 1.54) is 6.92 Å². The molecule has 0 aliphatic carbocycles. The molecular formula is C16H26N4O11. The number of nitrogens with one attached hydrogen (secondary N) is 3. The highest BCUT2D eigenvalue weighted by molar-refractivity contribution is 5.95. The molecule has 0 fully saturated rings. The number of rotatable bonds is 12. The number of carbonyl (C=O) groups is 7. The van der Waals surface area contributed by atoms with Crippen molar-refractivity contribution in [2.24, 2.45) is 5.73 Å². The molecule has 0 saturated carbocycles. The van der Waals surface area contributed by atoms with E-state index in [1.807, 2.05) is 5.32 Å². The molecule has 15 heteroatoms. The lowest BCUT2D eigenvalue weighted by Gasteiger charge is -2.22. The molecule has 15 nitrogen and oxygen atoms in total. The maximum absolute atomic E-state index is 12.3. The first-order chi connectivity index (χ1) is 14.2. The normalized spacial score (nSPS) is 12.6. The summed E-state index contributed by atoms with van der Waals surface area (Å²) in [5, 5.41) is 39.7. The maximum Gasteiger partial charge on any atom is 0.322 e. The van der Waals surface area contributed by atoms with Crippen LogP contribution in [0.15, 0.2) is 0 Å². The highest BCUT2D eigenvalue weighted by Crippen LogP contribution is 2.02. The van der Waals surface area contributed by atoms with Crippen LogP contribution in [-0.2, 0) is 33.6 Å². The van der Waals surface area contributed by atoms with Gasteiger partial charge >= 0.3 is 17.9 Å². The Morgan fingerprint density at radius 1 is 0.774 bits per heavy atom. The third-order valence-electron chi connectivity index (χ3n) is 3.12. The fraction of sp³-hybridized carbons (Fsp3) is 0.562. The molecule has 9 N–H and O–H groups in total. The molecular weight excluding hydrogens is 424 g/mol. The molecule has 0 spiro atoms. The first-order valence-electron chi connectivity index (χ1n) is 8.66. The Balaban J connectivity index is 0. The van der Waals surface area contributed by atoms with Gasteiger partial charge in [0.1, 0.15) is 18.6 Å². The van der Waals surface area contributed by atoms with Crippen molar-refractivity contribution in [1.29, 1.82) is 0 Å². The van der Waals surface area contributed by atoms with Gasteiger partial charge in [0, 0.05) is 13.3 Å². The van der Waals surface area contributed by atoms with Crippen LogP contribution >= 0.6 is 0 Å². The lowest BCUT2D eigenvalue weighted by atomic mass is 10.1. The molecule has 3 unspecified atom stereocenters. The summed E-state index contributed by atoms with van der Waals surface area (Å²) in [6, 6.07) is -4.02. The lowest BCUT2D eigenvalue weighted by Crippen LogP contribution is -2.56. The van der Waals surface area contributed by atoms with Gasteiger partial charge in [0.2, 0.25) is 17.7 Å². The zero-order valence-corrected chi connectivity index (χ0v) is 16.8. The number of amides is 3. The number of nitrogens with two attached hydrogens (primary N) is 1. The highest BCUT2D eigenvalue weighted by atomic mass is 16.4. The highest BCUT2D eigenvalue weighted by Gasteiger charge is 2.29. The molecule has 0 saturated heterocycles. The van der Waals surface area contributed by atoms with E-state index in [0.717, 1.165) is 6.92 Å². The molecule has 0 aromatic carbocycles. The molecule has 0 heterocycles. The standard InChI is InChI=1S/C14H22N4O9.C2H4O2/c1-6(15)12(25)17-7(2-3-9(19)20)14(27)18-8(4-10(21)22)13(26)16-5-11(23)24;1-2(3)4/h6-8H,2-5,15H2,1H3,(H,16,26)(H,17,25)(H,18,27)(H,19,20)(H,21,22)(H,23,24);1H3,(H,3,4). The van der Waals surface area contributed by atoms with E-state index in [2.05, 4.69) is 10.6 Å².